The average Bonchev–Trinajstić information content (AvgIpc) is 2.29. The van der Waals surface area contributed by atoms with Crippen molar-refractivity contribution in [1.29, 1.82) is 5.26 Å². The van der Waals surface area contributed by atoms with Gasteiger partial charge in [0.1, 0.15) is 23.3 Å². The van der Waals surface area contributed by atoms with E-state index in [4.69, 9.17) is 5.26 Å². The lowest BCUT2D eigenvalue weighted by Crippen LogP contribution is -1.91. The highest BCUT2D eigenvalue weighted by molar-refractivity contribution is 5.65. The first kappa shape index (κ1) is 11.3. The minimum Gasteiger partial charge on any atom is -0.205 e. The largest absolute Gasteiger partial charge is 0.205 e. The Morgan fingerprint density at radius 3 is 1.94 bits per heavy atom. The molecular formula is C14H9F2N. The van der Waals surface area contributed by atoms with Gasteiger partial charge in [0.05, 0.1) is 0 Å². The van der Waals surface area contributed by atoms with Gasteiger partial charge in [-0.3, -0.25) is 0 Å². The third-order valence-corrected chi connectivity index (χ3v) is 2.54. The molecule has 0 radical (unpaired) electrons. The summed E-state index contributed by atoms with van der Waals surface area (Å²) in [6.45, 7) is 1.93. The molecule has 0 bridgehead atoms. The molecule has 84 valence electrons. The van der Waals surface area contributed by atoms with Crippen LogP contribution >= 0.6 is 0 Å². The highest BCUT2D eigenvalue weighted by atomic mass is 19.1. The molecule has 0 heterocycles. The van der Waals surface area contributed by atoms with Gasteiger partial charge in [-0.15, -0.1) is 0 Å². The Bertz CT molecular complexity index is 572. The van der Waals surface area contributed by atoms with E-state index in [9.17, 15) is 8.78 Å². The van der Waals surface area contributed by atoms with Crippen LogP contribution in [-0.2, 0) is 0 Å². The summed E-state index contributed by atoms with van der Waals surface area (Å²) in [6, 6.07) is 11.2. The minimum absolute atomic E-state index is 0.430. The highest BCUT2D eigenvalue weighted by Crippen LogP contribution is 2.24. The Morgan fingerprint density at radius 1 is 0.941 bits per heavy atom. The van der Waals surface area contributed by atoms with Gasteiger partial charge in [0, 0.05) is 0 Å². The second-order valence-corrected chi connectivity index (χ2v) is 3.79. The van der Waals surface area contributed by atoms with Crippen molar-refractivity contribution in [2.24, 2.45) is 0 Å². The summed E-state index contributed by atoms with van der Waals surface area (Å²) in [5.74, 6) is -1.66. The Kier molecular flexibility index (Phi) is 2.88. The predicted molar refractivity (Wildman–Crippen MR) is 61.2 cm³/mol. The van der Waals surface area contributed by atoms with Gasteiger partial charge in [0.15, 0.2) is 0 Å². The maximum absolute atomic E-state index is 13.4. The maximum atomic E-state index is 13.4. The number of halogens is 2. The monoisotopic (exact) mass is 229 g/mol. The van der Waals surface area contributed by atoms with Crippen molar-refractivity contribution in [2.45, 2.75) is 6.92 Å². The lowest BCUT2D eigenvalue weighted by atomic mass is 10.0. The maximum Gasteiger partial charge on any atom is 0.144 e. The van der Waals surface area contributed by atoms with Crippen LogP contribution in [0.25, 0.3) is 11.1 Å². The number of hydrogen-bond acceptors (Lipinski definition) is 1. The van der Waals surface area contributed by atoms with Gasteiger partial charge in [-0.25, -0.2) is 8.78 Å². The summed E-state index contributed by atoms with van der Waals surface area (Å²) in [7, 11) is 0. The van der Waals surface area contributed by atoms with Gasteiger partial charge in [-0.05, 0) is 30.2 Å². The number of nitriles is 1. The molecule has 2 aromatic carbocycles. The fourth-order valence-electron chi connectivity index (χ4n) is 1.59. The molecule has 0 atom stereocenters. The van der Waals surface area contributed by atoms with Gasteiger partial charge in [0.25, 0.3) is 0 Å². The highest BCUT2D eigenvalue weighted by Gasteiger charge is 2.11. The number of benzene rings is 2. The van der Waals surface area contributed by atoms with Gasteiger partial charge in [-0.2, -0.15) is 5.26 Å². The van der Waals surface area contributed by atoms with E-state index < -0.39 is 17.2 Å². The Morgan fingerprint density at radius 2 is 1.47 bits per heavy atom. The van der Waals surface area contributed by atoms with Gasteiger partial charge in [-0.1, -0.05) is 29.8 Å². The molecule has 2 aromatic rings. The lowest BCUT2D eigenvalue weighted by molar-refractivity contribution is 0.577. The third kappa shape index (κ3) is 2.16. The molecule has 0 unspecified atom stereocenters. The second kappa shape index (κ2) is 4.34. The Balaban J connectivity index is 2.55. The van der Waals surface area contributed by atoms with E-state index in [-0.39, 0.29) is 0 Å². The average molecular weight is 229 g/mol. The molecule has 17 heavy (non-hydrogen) atoms. The summed E-state index contributed by atoms with van der Waals surface area (Å²) in [4.78, 5) is 0. The first-order valence-electron chi connectivity index (χ1n) is 5.08. The smallest absolute Gasteiger partial charge is 0.144 e. The van der Waals surface area contributed by atoms with E-state index in [1.165, 1.54) is 18.2 Å². The predicted octanol–water partition coefficient (Wildman–Crippen LogP) is 3.81. The zero-order valence-electron chi connectivity index (χ0n) is 9.17. The Hall–Kier alpha value is -2.21. The molecule has 0 fully saturated rings. The van der Waals surface area contributed by atoms with Gasteiger partial charge >= 0.3 is 0 Å². The Labute approximate surface area is 97.9 Å². The summed E-state index contributed by atoms with van der Waals surface area (Å²) < 4.78 is 26.8. The molecule has 3 heteroatoms. The molecule has 0 saturated carbocycles. The standard InChI is InChI=1S/C14H9F2N/c1-9-2-4-10(5-3-9)11-6-13(15)12(8-17)14(16)7-11/h2-7H,1H3. The van der Waals surface area contributed by atoms with E-state index in [1.807, 2.05) is 19.1 Å². The quantitative estimate of drug-likeness (QED) is 0.729. The van der Waals surface area contributed by atoms with Crippen molar-refractivity contribution in [2.75, 3.05) is 0 Å². The molecule has 0 aliphatic heterocycles. The van der Waals surface area contributed by atoms with E-state index >= 15 is 0 Å². The van der Waals surface area contributed by atoms with Crippen LogP contribution in [0.4, 0.5) is 8.78 Å². The number of aryl methyl sites for hydroxylation is 1. The molecule has 0 spiro atoms. The van der Waals surface area contributed by atoms with Gasteiger partial charge < -0.3 is 0 Å². The number of nitrogens with zero attached hydrogens (tertiary/aromatic N) is 1. The van der Waals surface area contributed by atoms with Crippen LogP contribution in [0.2, 0.25) is 0 Å². The first-order valence-corrected chi connectivity index (χ1v) is 5.08. The SMILES string of the molecule is Cc1ccc(-c2cc(F)c(C#N)c(F)c2)cc1. The third-order valence-electron chi connectivity index (χ3n) is 2.54. The molecule has 0 amide bonds. The number of rotatable bonds is 1. The van der Waals surface area contributed by atoms with Crippen LogP contribution < -0.4 is 0 Å². The molecule has 2 rings (SSSR count). The van der Waals surface area contributed by atoms with Crippen molar-refractivity contribution in [1.82, 2.24) is 0 Å². The van der Waals surface area contributed by atoms with E-state index in [0.717, 1.165) is 11.1 Å². The van der Waals surface area contributed by atoms with Crippen molar-refractivity contribution in [3.8, 4) is 17.2 Å². The summed E-state index contributed by atoms with van der Waals surface area (Å²) in [5, 5.41) is 8.57. The summed E-state index contributed by atoms with van der Waals surface area (Å²) in [5.41, 5.74) is 1.68. The summed E-state index contributed by atoms with van der Waals surface area (Å²) >= 11 is 0. The fraction of sp³-hybridized carbons (Fsp3) is 0.0714. The lowest BCUT2D eigenvalue weighted by Gasteiger charge is -2.04. The molecule has 0 N–H and O–H groups in total. The van der Waals surface area contributed by atoms with Gasteiger partial charge in [0.2, 0.25) is 0 Å². The van der Waals surface area contributed by atoms with Crippen LogP contribution in [0.1, 0.15) is 11.1 Å². The van der Waals surface area contributed by atoms with Crippen LogP contribution in [0.5, 0.6) is 0 Å². The fourth-order valence-corrected chi connectivity index (χ4v) is 1.59. The normalized spacial score (nSPS) is 10.0. The molecule has 1 nitrogen and oxygen atoms in total. The molecule has 0 aromatic heterocycles. The first-order chi connectivity index (χ1) is 8.11. The zero-order valence-corrected chi connectivity index (χ0v) is 9.17. The minimum atomic E-state index is -0.830. The van der Waals surface area contributed by atoms with Crippen LogP contribution in [-0.4, -0.2) is 0 Å². The zero-order chi connectivity index (χ0) is 12.4. The van der Waals surface area contributed by atoms with Crippen LogP contribution in [0.15, 0.2) is 36.4 Å². The molecular weight excluding hydrogens is 220 g/mol. The van der Waals surface area contributed by atoms with Crippen LogP contribution in [0.3, 0.4) is 0 Å². The van der Waals surface area contributed by atoms with Crippen molar-refractivity contribution >= 4 is 0 Å². The van der Waals surface area contributed by atoms with Crippen molar-refractivity contribution in [3.05, 3.63) is 59.2 Å². The summed E-state index contributed by atoms with van der Waals surface area (Å²) in [6.07, 6.45) is 0. The molecule has 0 aliphatic rings. The van der Waals surface area contributed by atoms with E-state index in [2.05, 4.69) is 0 Å². The molecule has 0 aliphatic carbocycles. The van der Waals surface area contributed by atoms with Crippen LogP contribution in [0, 0.1) is 29.9 Å². The molecule has 0 saturated heterocycles. The topological polar surface area (TPSA) is 23.8 Å². The van der Waals surface area contributed by atoms with E-state index in [0.29, 0.717) is 5.56 Å². The van der Waals surface area contributed by atoms with E-state index in [1.54, 1.807) is 12.1 Å². The van der Waals surface area contributed by atoms with Crippen molar-refractivity contribution in [3.63, 3.8) is 0 Å². The number of hydrogen-bond donors (Lipinski definition) is 0. The van der Waals surface area contributed by atoms with Crippen molar-refractivity contribution < 1.29 is 8.78 Å². The second-order valence-electron chi connectivity index (χ2n) is 3.79.